The summed E-state index contributed by atoms with van der Waals surface area (Å²) in [5.41, 5.74) is -0.241. The second kappa shape index (κ2) is 7.63. The first-order valence-corrected chi connectivity index (χ1v) is 10.2. The van der Waals surface area contributed by atoms with E-state index in [0.717, 1.165) is 9.44 Å². The quantitative estimate of drug-likeness (QED) is 0.428. The van der Waals surface area contributed by atoms with Gasteiger partial charge in [-0.05, 0) is 55.5 Å². The number of hydrogen-bond acceptors (Lipinski definition) is 4. The summed E-state index contributed by atoms with van der Waals surface area (Å²) >= 11 is 13.2. The van der Waals surface area contributed by atoms with E-state index in [1.165, 1.54) is 15.9 Å². The van der Waals surface area contributed by atoms with Gasteiger partial charge in [-0.2, -0.15) is 0 Å². The van der Waals surface area contributed by atoms with Gasteiger partial charge in [0.1, 0.15) is 4.83 Å². The molecule has 0 saturated heterocycles. The zero-order valence-electron chi connectivity index (χ0n) is 15.2. The van der Waals surface area contributed by atoms with Crippen molar-refractivity contribution in [2.45, 2.75) is 13.5 Å². The van der Waals surface area contributed by atoms with Crippen LogP contribution in [0.3, 0.4) is 0 Å². The van der Waals surface area contributed by atoms with Crippen LogP contribution >= 0.6 is 34.5 Å². The molecule has 0 unspecified atom stereocenters. The molecule has 0 bridgehead atoms. The molecule has 0 aliphatic rings. The summed E-state index contributed by atoms with van der Waals surface area (Å²) in [6, 6.07) is 14.7. The number of aromatic nitrogens is 2. The molecule has 0 aliphatic heterocycles. The highest BCUT2D eigenvalue weighted by Gasteiger charge is 2.19. The number of Topliss-reactive ketones (excluding diaryl/α,β-unsaturated/α-hetero) is 1. The fourth-order valence-electron chi connectivity index (χ4n) is 3.12. The van der Waals surface area contributed by atoms with Gasteiger partial charge in [0, 0.05) is 20.5 Å². The van der Waals surface area contributed by atoms with Gasteiger partial charge in [-0.25, -0.2) is 9.36 Å². The van der Waals surface area contributed by atoms with Crippen LogP contribution in [0.25, 0.3) is 15.9 Å². The maximum absolute atomic E-state index is 13.3. The molecule has 5 nitrogen and oxygen atoms in total. The third kappa shape index (κ3) is 3.67. The Morgan fingerprint density at radius 3 is 2.41 bits per heavy atom. The SMILES string of the molecule is Cc1cc2c(=O)n(-c3cccc(Cl)c3)c(=O)n(CC(=O)c3ccc(Cl)cc3)c2s1. The molecule has 0 atom stereocenters. The van der Waals surface area contributed by atoms with E-state index < -0.39 is 11.2 Å². The number of thiophene rings is 1. The second-order valence-corrected chi connectivity index (χ2v) is 8.60. The first-order chi connectivity index (χ1) is 13.8. The smallest absolute Gasteiger partial charge is 0.292 e. The number of carbonyl (C=O) groups is 1. The van der Waals surface area contributed by atoms with Crippen molar-refractivity contribution in [2.75, 3.05) is 0 Å². The summed E-state index contributed by atoms with van der Waals surface area (Å²) < 4.78 is 2.39. The van der Waals surface area contributed by atoms with Crippen molar-refractivity contribution in [1.29, 1.82) is 0 Å². The molecule has 0 fully saturated rings. The molecule has 0 radical (unpaired) electrons. The Morgan fingerprint density at radius 1 is 1.00 bits per heavy atom. The van der Waals surface area contributed by atoms with Crippen LogP contribution in [0.4, 0.5) is 0 Å². The van der Waals surface area contributed by atoms with Crippen LogP contribution in [-0.4, -0.2) is 14.9 Å². The zero-order valence-corrected chi connectivity index (χ0v) is 17.5. The minimum atomic E-state index is -0.589. The predicted octanol–water partition coefficient (Wildman–Crippen LogP) is 4.71. The number of aryl methyl sites for hydroxylation is 1. The van der Waals surface area contributed by atoms with E-state index >= 15 is 0 Å². The highest BCUT2D eigenvalue weighted by molar-refractivity contribution is 7.18. The number of benzene rings is 2. The van der Waals surface area contributed by atoms with Crippen molar-refractivity contribution < 1.29 is 4.79 Å². The van der Waals surface area contributed by atoms with E-state index in [-0.39, 0.29) is 12.3 Å². The van der Waals surface area contributed by atoms with E-state index in [9.17, 15) is 14.4 Å². The van der Waals surface area contributed by atoms with Crippen molar-refractivity contribution in [1.82, 2.24) is 9.13 Å². The molecule has 2 aromatic carbocycles. The van der Waals surface area contributed by atoms with Crippen molar-refractivity contribution in [3.63, 3.8) is 0 Å². The number of halogens is 2. The predicted molar refractivity (Wildman–Crippen MR) is 117 cm³/mol. The van der Waals surface area contributed by atoms with Crippen molar-refractivity contribution >= 4 is 50.5 Å². The number of carbonyl (C=O) groups excluding carboxylic acids is 1. The highest BCUT2D eigenvalue weighted by Crippen LogP contribution is 2.23. The number of ketones is 1. The van der Waals surface area contributed by atoms with E-state index in [2.05, 4.69) is 0 Å². The molecule has 2 aromatic heterocycles. The second-order valence-electron chi connectivity index (χ2n) is 6.50. The molecule has 2 heterocycles. The van der Waals surface area contributed by atoms with Crippen molar-refractivity contribution in [3.05, 3.63) is 95.9 Å². The van der Waals surface area contributed by atoms with E-state index in [0.29, 0.717) is 31.5 Å². The number of hydrogen-bond donors (Lipinski definition) is 0. The fraction of sp³-hybridized carbons (Fsp3) is 0.0952. The Labute approximate surface area is 179 Å². The standard InChI is InChI=1S/C21H14Cl2N2O3S/c1-12-9-17-19(27)25(16-4-2-3-15(23)10-16)21(28)24(20(17)29-12)11-18(26)13-5-7-14(22)8-6-13/h2-10H,11H2,1H3. The molecule has 0 amide bonds. The lowest BCUT2D eigenvalue weighted by atomic mass is 10.1. The van der Waals surface area contributed by atoms with Gasteiger partial charge < -0.3 is 0 Å². The maximum Gasteiger partial charge on any atom is 0.337 e. The molecule has 146 valence electrons. The lowest BCUT2D eigenvalue weighted by molar-refractivity contribution is 0.0972. The molecule has 0 aliphatic carbocycles. The number of nitrogens with zero attached hydrogens (tertiary/aromatic N) is 2. The Morgan fingerprint density at radius 2 is 1.72 bits per heavy atom. The third-order valence-electron chi connectivity index (χ3n) is 4.47. The summed E-state index contributed by atoms with van der Waals surface area (Å²) in [6.45, 7) is 1.65. The molecule has 4 aromatic rings. The molecular formula is C21H14Cl2N2O3S. The first kappa shape index (κ1) is 19.6. The minimum Gasteiger partial charge on any atom is -0.292 e. The summed E-state index contributed by atoms with van der Waals surface area (Å²) in [4.78, 5) is 40.4. The molecule has 0 saturated carbocycles. The lowest BCUT2D eigenvalue weighted by Crippen LogP contribution is -2.39. The Hall–Kier alpha value is -2.67. The van der Waals surface area contributed by atoms with Gasteiger partial charge in [-0.3, -0.25) is 14.2 Å². The van der Waals surface area contributed by atoms with Crippen LogP contribution < -0.4 is 11.2 Å². The first-order valence-electron chi connectivity index (χ1n) is 8.66. The van der Waals surface area contributed by atoms with Gasteiger partial charge in [-0.15, -0.1) is 11.3 Å². The van der Waals surface area contributed by atoms with Gasteiger partial charge >= 0.3 is 5.69 Å². The van der Waals surface area contributed by atoms with Crippen LogP contribution in [0, 0.1) is 6.92 Å². The van der Waals surface area contributed by atoms with Crippen LogP contribution in [0.2, 0.25) is 10.0 Å². The van der Waals surface area contributed by atoms with Crippen LogP contribution in [0.15, 0.2) is 64.2 Å². The Balaban J connectivity index is 1.93. The van der Waals surface area contributed by atoms with Crippen LogP contribution in [0.1, 0.15) is 15.2 Å². The topological polar surface area (TPSA) is 61.1 Å². The zero-order chi connectivity index (χ0) is 20.7. The summed E-state index contributed by atoms with van der Waals surface area (Å²) in [7, 11) is 0. The summed E-state index contributed by atoms with van der Waals surface area (Å²) in [5.74, 6) is -0.257. The van der Waals surface area contributed by atoms with Gasteiger partial charge in [0.15, 0.2) is 5.78 Å². The Kier molecular flexibility index (Phi) is 5.17. The van der Waals surface area contributed by atoms with Crippen molar-refractivity contribution in [3.8, 4) is 5.69 Å². The van der Waals surface area contributed by atoms with Gasteiger partial charge in [0.25, 0.3) is 5.56 Å². The van der Waals surface area contributed by atoms with Gasteiger partial charge in [0.05, 0.1) is 17.6 Å². The summed E-state index contributed by atoms with van der Waals surface area (Å²) in [6.07, 6.45) is 0. The number of rotatable bonds is 4. The Bertz CT molecular complexity index is 1370. The van der Waals surface area contributed by atoms with Crippen LogP contribution in [0.5, 0.6) is 0 Å². The minimum absolute atomic E-state index is 0.197. The lowest BCUT2D eigenvalue weighted by Gasteiger charge is -2.12. The fourth-order valence-corrected chi connectivity index (χ4v) is 4.42. The summed E-state index contributed by atoms with van der Waals surface area (Å²) in [5, 5.41) is 1.31. The largest absolute Gasteiger partial charge is 0.337 e. The molecule has 0 N–H and O–H groups in total. The van der Waals surface area contributed by atoms with Crippen molar-refractivity contribution in [2.24, 2.45) is 0 Å². The molecule has 4 rings (SSSR count). The molecule has 8 heteroatoms. The van der Waals surface area contributed by atoms with E-state index in [4.69, 9.17) is 23.2 Å². The molecule has 0 spiro atoms. The van der Waals surface area contributed by atoms with E-state index in [1.54, 1.807) is 54.6 Å². The number of fused-ring (bicyclic) bond motifs is 1. The molecule has 29 heavy (non-hydrogen) atoms. The average molecular weight is 445 g/mol. The monoisotopic (exact) mass is 444 g/mol. The van der Waals surface area contributed by atoms with Gasteiger partial charge in [0.2, 0.25) is 0 Å². The average Bonchev–Trinajstić information content (AvgIpc) is 3.07. The molecular weight excluding hydrogens is 431 g/mol. The third-order valence-corrected chi connectivity index (χ3v) is 6.03. The van der Waals surface area contributed by atoms with E-state index in [1.807, 2.05) is 6.92 Å². The van der Waals surface area contributed by atoms with Gasteiger partial charge in [-0.1, -0.05) is 29.3 Å². The maximum atomic E-state index is 13.3. The highest BCUT2D eigenvalue weighted by atomic mass is 35.5. The van der Waals surface area contributed by atoms with Crippen LogP contribution in [-0.2, 0) is 6.54 Å². The normalized spacial score (nSPS) is 11.1.